The zero-order valence-corrected chi connectivity index (χ0v) is 12.3. The first-order valence-corrected chi connectivity index (χ1v) is 6.75. The number of ether oxygens (including phenoxy) is 1. The lowest BCUT2D eigenvalue weighted by Crippen LogP contribution is -2.20. The third kappa shape index (κ3) is 5.35. The van der Waals surface area contributed by atoms with E-state index in [4.69, 9.17) is 4.74 Å². The number of nitro benzene ring substituents is 2. The summed E-state index contributed by atoms with van der Waals surface area (Å²) in [7, 11) is 0. The number of non-ortho nitro benzene ring substituents is 2. The van der Waals surface area contributed by atoms with Crippen molar-refractivity contribution in [3.63, 3.8) is 0 Å². The SMILES string of the molecule is CCCCC(C)OC(=O)Nc1cc([N+](=O)[O-])cc([N+](=O)[O-])c1. The summed E-state index contributed by atoms with van der Waals surface area (Å²) >= 11 is 0. The second-order valence-electron chi connectivity index (χ2n) is 4.74. The van der Waals surface area contributed by atoms with Crippen molar-refractivity contribution in [2.75, 3.05) is 5.32 Å². The van der Waals surface area contributed by atoms with Crippen LogP contribution >= 0.6 is 0 Å². The molecule has 1 aromatic rings. The minimum Gasteiger partial charge on any atom is -0.446 e. The van der Waals surface area contributed by atoms with Crippen LogP contribution in [0.2, 0.25) is 0 Å². The average Bonchev–Trinajstić information content (AvgIpc) is 2.44. The summed E-state index contributed by atoms with van der Waals surface area (Å²) in [6.45, 7) is 3.74. The van der Waals surface area contributed by atoms with Crippen molar-refractivity contribution in [3.05, 3.63) is 38.4 Å². The minimum atomic E-state index is -0.807. The van der Waals surface area contributed by atoms with Crippen LogP contribution in [0.4, 0.5) is 21.9 Å². The van der Waals surface area contributed by atoms with Crippen LogP contribution in [0.15, 0.2) is 18.2 Å². The van der Waals surface area contributed by atoms with Crippen LogP contribution in [-0.4, -0.2) is 22.0 Å². The number of hydrogen-bond donors (Lipinski definition) is 1. The third-order valence-corrected chi connectivity index (χ3v) is 2.84. The lowest BCUT2D eigenvalue weighted by atomic mass is 10.2. The summed E-state index contributed by atoms with van der Waals surface area (Å²) in [5, 5.41) is 23.8. The molecule has 1 N–H and O–H groups in total. The molecule has 120 valence electrons. The van der Waals surface area contributed by atoms with E-state index in [1.807, 2.05) is 6.92 Å². The van der Waals surface area contributed by atoms with Crippen molar-refractivity contribution in [3.8, 4) is 0 Å². The zero-order valence-electron chi connectivity index (χ0n) is 12.3. The van der Waals surface area contributed by atoms with Crippen molar-refractivity contribution in [2.24, 2.45) is 0 Å². The molecule has 0 spiro atoms. The van der Waals surface area contributed by atoms with Gasteiger partial charge >= 0.3 is 6.09 Å². The van der Waals surface area contributed by atoms with E-state index in [0.717, 1.165) is 31.0 Å². The molecular formula is C13H17N3O6. The van der Waals surface area contributed by atoms with Gasteiger partial charge in [0.25, 0.3) is 11.4 Å². The summed E-state index contributed by atoms with van der Waals surface area (Å²) in [5.74, 6) is 0. The first kappa shape index (κ1) is 17.3. The van der Waals surface area contributed by atoms with Crippen molar-refractivity contribution in [2.45, 2.75) is 39.2 Å². The van der Waals surface area contributed by atoms with Crippen LogP contribution in [0.25, 0.3) is 0 Å². The topological polar surface area (TPSA) is 125 Å². The Balaban J connectivity index is 2.81. The first-order valence-electron chi connectivity index (χ1n) is 6.75. The van der Waals surface area contributed by atoms with Gasteiger partial charge in [-0.1, -0.05) is 19.8 Å². The second kappa shape index (κ2) is 7.91. The van der Waals surface area contributed by atoms with Crippen LogP contribution < -0.4 is 5.32 Å². The lowest BCUT2D eigenvalue weighted by Gasteiger charge is -2.13. The molecule has 1 rings (SSSR count). The quantitative estimate of drug-likeness (QED) is 0.605. The molecule has 1 amide bonds. The summed E-state index contributed by atoms with van der Waals surface area (Å²) in [6.07, 6.45) is 1.44. The van der Waals surface area contributed by atoms with Gasteiger partial charge in [0.2, 0.25) is 0 Å². The Morgan fingerprint density at radius 2 is 1.77 bits per heavy atom. The van der Waals surface area contributed by atoms with Crippen LogP contribution in [0.3, 0.4) is 0 Å². The van der Waals surface area contributed by atoms with Crippen molar-refractivity contribution in [1.29, 1.82) is 0 Å². The van der Waals surface area contributed by atoms with Crippen molar-refractivity contribution in [1.82, 2.24) is 0 Å². The van der Waals surface area contributed by atoms with Gasteiger partial charge in [0.05, 0.1) is 21.6 Å². The summed E-state index contributed by atoms with van der Waals surface area (Å²) in [6, 6.07) is 2.89. The fraction of sp³-hybridized carbons (Fsp3) is 0.462. The van der Waals surface area contributed by atoms with E-state index in [1.165, 1.54) is 0 Å². The lowest BCUT2D eigenvalue weighted by molar-refractivity contribution is -0.394. The minimum absolute atomic E-state index is 0.0615. The highest BCUT2D eigenvalue weighted by Gasteiger charge is 2.18. The van der Waals surface area contributed by atoms with Crippen LogP contribution in [0.5, 0.6) is 0 Å². The van der Waals surface area contributed by atoms with E-state index >= 15 is 0 Å². The first-order chi connectivity index (χ1) is 10.3. The molecule has 9 nitrogen and oxygen atoms in total. The number of hydrogen-bond acceptors (Lipinski definition) is 6. The number of amides is 1. The molecule has 0 heterocycles. The highest BCUT2D eigenvalue weighted by molar-refractivity contribution is 5.85. The van der Waals surface area contributed by atoms with E-state index in [9.17, 15) is 25.0 Å². The van der Waals surface area contributed by atoms with Crippen LogP contribution in [-0.2, 0) is 4.74 Å². The number of carbonyl (C=O) groups is 1. The molecule has 9 heteroatoms. The summed E-state index contributed by atoms with van der Waals surface area (Å²) in [4.78, 5) is 31.6. The van der Waals surface area contributed by atoms with E-state index in [0.29, 0.717) is 6.42 Å². The predicted molar refractivity (Wildman–Crippen MR) is 78.8 cm³/mol. The molecule has 1 aromatic carbocycles. The largest absolute Gasteiger partial charge is 0.446 e. The highest BCUT2D eigenvalue weighted by Crippen LogP contribution is 2.26. The standard InChI is InChI=1S/C13H17N3O6/c1-3-4-5-9(2)22-13(17)14-10-6-11(15(18)19)8-12(7-10)16(20)21/h6-9H,3-5H2,1-2H3,(H,14,17). The number of benzene rings is 1. The maximum absolute atomic E-state index is 11.7. The molecule has 0 saturated carbocycles. The molecular weight excluding hydrogens is 294 g/mol. The van der Waals surface area contributed by atoms with Gasteiger partial charge in [0, 0.05) is 12.1 Å². The Hall–Kier alpha value is -2.71. The maximum Gasteiger partial charge on any atom is 0.411 e. The molecule has 0 fully saturated rings. The average molecular weight is 311 g/mol. The maximum atomic E-state index is 11.7. The summed E-state index contributed by atoms with van der Waals surface area (Å²) < 4.78 is 5.07. The fourth-order valence-corrected chi connectivity index (χ4v) is 1.76. The Morgan fingerprint density at radius 3 is 2.23 bits per heavy atom. The number of rotatable bonds is 7. The van der Waals surface area contributed by atoms with E-state index in [1.54, 1.807) is 6.92 Å². The Kier molecular flexibility index (Phi) is 6.24. The monoisotopic (exact) mass is 311 g/mol. The molecule has 0 aliphatic carbocycles. The zero-order chi connectivity index (χ0) is 16.7. The van der Waals surface area contributed by atoms with E-state index in [-0.39, 0.29) is 11.8 Å². The van der Waals surface area contributed by atoms with Gasteiger partial charge in [0.1, 0.15) is 6.10 Å². The smallest absolute Gasteiger partial charge is 0.411 e. The summed E-state index contributed by atoms with van der Waals surface area (Å²) in [5.41, 5.74) is -1.03. The Morgan fingerprint density at radius 1 is 1.23 bits per heavy atom. The second-order valence-corrected chi connectivity index (χ2v) is 4.74. The van der Waals surface area contributed by atoms with Gasteiger partial charge in [-0.3, -0.25) is 25.5 Å². The van der Waals surface area contributed by atoms with Gasteiger partial charge in [-0.2, -0.15) is 0 Å². The molecule has 0 saturated heterocycles. The van der Waals surface area contributed by atoms with Crippen molar-refractivity contribution >= 4 is 23.2 Å². The number of nitrogens with one attached hydrogen (secondary N) is 1. The normalized spacial score (nSPS) is 11.5. The number of carbonyl (C=O) groups excluding carboxylic acids is 1. The molecule has 0 aliphatic heterocycles. The van der Waals surface area contributed by atoms with Crippen LogP contribution in [0, 0.1) is 20.2 Å². The van der Waals surface area contributed by atoms with Gasteiger partial charge < -0.3 is 4.74 Å². The number of anilines is 1. The highest BCUT2D eigenvalue weighted by atomic mass is 16.6. The molecule has 0 aliphatic rings. The van der Waals surface area contributed by atoms with E-state index < -0.39 is 27.3 Å². The third-order valence-electron chi connectivity index (χ3n) is 2.84. The van der Waals surface area contributed by atoms with Gasteiger partial charge in [-0.25, -0.2) is 4.79 Å². The molecule has 0 radical (unpaired) electrons. The number of nitro groups is 2. The number of nitrogens with zero attached hydrogens (tertiary/aromatic N) is 2. The van der Waals surface area contributed by atoms with E-state index in [2.05, 4.69) is 5.32 Å². The Labute approximate surface area is 126 Å². The van der Waals surface area contributed by atoms with Gasteiger partial charge in [-0.15, -0.1) is 0 Å². The predicted octanol–water partition coefficient (Wildman–Crippen LogP) is 3.63. The van der Waals surface area contributed by atoms with Gasteiger partial charge in [0.15, 0.2) is 0 Å². The molecule has 22 heavy (non-hydrogen) atoms. The van der Waals surface area contributed by atoms with Gasteiger partial charge in [-0.05, 0) is 13.3 Å². The molecule has 0 aromatic heterocycles. The fourth-order valence-electron chi connectivity index (χ4n) is 1.76. The Bertz CT molecular complexity index is 543. The van der Waals surface area contributed by atoms with Crippen LogP contribution in [0.1, 0.15) is 33.1 Å². The van der Waals surface area contributed by atoms with Crippen molar-refractivity contribution < 1.29 is 19.4 Å². The molecule has 0 bridgehead atoms. The molecule has 1 atom stereocenters. The molecule has 1 unspecified atom stereocenters. The number of unbranched alkanes of at least 4 members (excludes halogenated alkanes) is 1.